The van der Waals surface area contributed by atoms with Crippen molar-refractivity contribution in [2.45, 2.75) is 44.7 Å². The fraction of sp³-hybridized carbons (Fsp3) is 0.917. The highest BCUT2D eigenvalue weighted by Crippen LogP contribution is 2.29. The molecule has 1 saturated carbocycles. The van der Waals surface area contributed by atoms with Gasteiger partial charge in [0.2, 0.25) is 5.91 Å². The lowest BCUT2D eigenvalue weighted by atomic mass is 9.92. The van der Waals surface area contributed by atoms with E-state index in [0.29, 0.717) is 18.6 Å². The maximum absolute atomic E-state index is 12.3. The third-order valence-electron chi connectivity index (χ3n) is 3.58. The van der Waals surface area contributed by atoms with Crippen molar-refractivity contribution in [1.29, 1.82) is 0 Å². The van der Waals surface area contributed by atoms with Gasteiger partial charge in [0, 0.05) is 24.5 Å². The second-order valence-electron chi connectivity index (χ2n) is 5.06. The lowest BCUT2D eigenvalue weighted by molar-refractivity contribution is -0.137. The van der Waals surface area contributed by atoms with Gasteiger partial charge in [0.15, 0.2) is 0 Å². The van der Waals surface area contributed by atoms with Gasteiger partial charge in [-0.05, 0) is 39.2 Å². The monoisotopic (exact) mass is 262 g/mol. The minimum atomic E-state index is 0. The van der Waals surface area contributed by atoms with Crippen LogP contribution in [0.5, 0.6) is 0 Å². The molecule has 2 N–H and O–H groups in total. The van der Waals surface area contributed by atoms with Crippen LogP contribution < -0.4 is 5.32 Å². The molecule has 0 aromatic heterocycles. The van der Waals surface area contributed by atoms with Crippen LogP contribution in [0.25, 0.3) is 0 Å². The van der Waals surface area contributed by atoms with E-state index in [1.165, 1.54) is 0 Å². The molecule has 100 valence electrons. The summed E-state index contributed by atoms with van der Waals surface area (Å²) in [5.74, 6) is 0.438. The van der Waals surface area contributed by atoms with Crippen molar-refractivity contribution >= 4 is 18.3 Å². The number of rotatable bonds is 4. The van der Waals surface area contributed by atoms with Gasteiger partial charge in [0.1, 0.15) is 0 Å². The van der Waals surface area contributed by atoms with Crippen LogP contribution in [0.2, 0.25) is 0 Å². The molecule has 2 rings (SSSR count). The standard InChI is InChI=1S/C12H22N2O2.ClH/c1-9-8-10(4-5-13-9)12(16)14(6-7-15)11-2-3-11;/h9-11,13,15H,2-8H2,1H3;1H/t9-,10-;/m0./s1. The molecule has 5 heteroatoms. The summed E-state index contributed by atoms with van der Waals surface area (Å²) in [5.41, 5.74) is 0. The van der Waals surface area contributed by atoms with Gasteiger partial charge in [0.05, 0.1) is 6.61 Å². The average molecular weight is 263 g/mol. The van der Waals surface area contributed by atoms with Gasteiger partial charge in [0.25, 0.3) is 0 Å². The number of carbonyl (C=O) groups is 1. The Morgan fingerprint density at radius 1 is 1.41 bits per heavy atom. The van der Waals surface area contributed by atoms with E-state index in [4.69, 9.17) is 5.11 Å². The topological polar surface area (TPSA) is 52.6 Å². The summed E-state index contributed by atoms with van der Waals surface area (Å²) in [7, 11) is 0. The Labute approximate surface area is 109 Å². The molecule has 0 radical (unpaired) electrons. The summed E-state index contributed by atoms with van der Waals surface area (Å²) in [5, 5.41) is 12.4. The summed E-state index contributed by atoms with van der Waals surface area (Å²) in [6, 6.07) is 0.864. The fourth-order valence-electron chi connectivity index (χ4n) is 2.56. The zero-order chi connectivity index (χ0) is 11.5. The van der Waals surface area contributed by atoms with E-state index in [9.17, 15) is 4.79 Å². The number of nitrogens with one attached hydrogen (secondary N) is 1. The third-order valence-corrected chi connectivity index (χ3v) is 3.58. The summed E-state index contributed by atoms with van der Waals surface area (Å²) in [6.45, 7) is 3.67. The van der Waals surface area contributed by atoms with Crippen LogP contribution in [-0.2, 0) is 4.79 Å². The van der Waals surface area contributed by atoms with Crippen molar-refractivity contribution in [2.75, 3.05) is 19.7 Å². The smallest absolute Gasteiger partial charge is 0.226 e. The van der Waals surface area contributed by atoms with Crippen LogP contribution >= 0.6 is 12.4 Å². The van der Waals surface area contributed by atoms with Crippen LogP contribution in [0, 0.1) is 5.92 Å². The highest BCUT2D eigenvalue weighted by atomic mass is 35.5. The predicted octanol–water partition coefficient (Wildman–Crippen LogP) is 0.780. The number of nitrogens with zero attached hydrogens (tertiary/aromatic N) is 1. The van der Waals surface area contributed by atoms with Crippen LogP contribution in [0.3, 0.4) is 0 Å². The zero-order valence-electron chi connectivity index (χ0n) is 10.4. The number of amides is 1. The van der Waals surface area contributed by atoms with Crippen molar-refractivity contribution in [3.8, 4) is 0 Å². The molecule has 0 unspecified atom stereocenters. The molecular weight excluding hydrogens is 240 g/mol. The van der Waals surface area contributed by atoms with E-state index in [0.717, 1.165) is 32.2 Å². The van der Waals surface area contributed by atoms with Gasteiger partial charge in [-0.25, -0.2) is 0 Å². The van der Waals surface area contributed by atoms with E-state index in [-0.39, 0.29) is 30.8 Å². The molecule has 0 spiro atoms. The first kappa shape index (κ1) is 14.7. The summed E-state index contributed by atoms with van der Waals surface area (Å²) < 4.78 is 0. The molecule has 2 aliphatic rings. The Bertz CT molecular complexity index is 259. The predicted molar refractivity (Wildman–Crippen MR) is 69.3 cm³/mol. The van der Waals surface area contributed by atoms with Crippen LogP contribution in [0.1, 0.15) is 32.6 Å². The summed E-state index contributed by atoms with van der Waals surface area (Å²) in [4.78, 5) is 14.2. The Morgan fingerprint density at radius 3 is 2.65 bits per heavy atom. The quantitative estimate of drug-likeness (QED) is 0.787. The van der Waals surface area contributed by atoms with Crippen LogP contribution in [0.15, 0.2) is 0 Å². The Balaban J connectivity index is 0.00000144. The molecule has 1 saturated heterocycles. The van der Waals surface area contributed by atoms with E-state index >= 15 is 0 Å². The number of carbonyl (C=O) groups excluding carboxylic acids is 1. The molecule has 17 heavy (non-hydrogen) atoms. The second-order valence-corrected chi connectivity index (χ2v) is 5.06. The number of aliphatic hydroxyl groups excluding tert-OH is 1. The first-order valence-corrected chi connectivity index (χ1v) is 6.37. The van der Waals surface area contributed by atoms with E-state index in [1.807, 2.05) is 4.90 Å². The van der Waals surface area contributed by atoms with Crippen molar-refractivity contribution in [1.82, 2.24) is 10.2 Å². The molecule has 1 amide bonds. The number of piperidine rings is 1. The van der Waals surface area contributed by atoms with Crippen molar-refractivity contribution in [2.24, 2.45) is 5.92 Å². The van der Waals surface area contributed by atoms with E-state index in [1.54, 1.807) is 0 Å². The molecule has 0 aromatic carbocycles. The summed E-state index contributed by atoms with van der Waals surface area (Å²) >= 11 is 0. The molecule has 4 nitrogen and oxygen atoms in total. The maximum Gasteiger partial charge on any atom is 0.226 e. The minimum absolute atomic E-state index is 0. The minimum Gasteiger partial charge on any atom is -0.395 e. The Hall–Kier alpha value is -0.320. The molecule has 1 aliphatic heterocycles. The number of hydrogen-bond donors (Lipinski definition) is 2. The van der Waals surface area contributed by atoms with Gasteiger partial charge in [-0.2, -0.15) is 0 Å². The zero-order valence-corrected chi connectivity index (χ0v) is 11.2. The largest absolute Gasteiger partial charge is 0.395 e. The van der Waals surface area contributed by atoms with E-state index in [2.05, 4.69) is 12.2 Å². The van der Waals surface area contributed by atoms with Gasteiger partial charge < -0.3 is 15.3 Å². The molecule has 1 aliphatic carbocycles. The highest BCUT2D eigenvalue weighted by molar-refractivity contribution is 5.85. The number of halogens is 1. The normalized spacial score (nSPS) is 28.4. The molecule has 1 heterocycles. The molecular formula is C12H23ClN2O2. The number of hydrogen-bond acceptors (Lipinski definition) is 3. The van der Waals surface area contributed by atoms with Crippen molar-refractivity contribution in [3.05, 3.63) is 0 Å². The van der Waals surface area contributed by atoms with E-state index < -0.39 is 0 Å². The third kappa shape index (κ3) is 3.83. The van der Waals surface area contributed by atoms with Crippen LogP contribution in [-0.4, -0.2) is 47.7 Å². The van der Waals surface area contributed by atoms with Gasteiger partial charge >= 0.3 is 0 Å². The van der Waals surface area contributed by atoms with Gasteiger partial charge in [-0.3, -0.25) is 4.79 Å². The van der Waals surface area contributed by atoms with Crippen molar-refractivity contribution < 1.29 is 9.90 Å². The summed E-state index contributed by atoms with van der Waals surface area (Å²) in [6.07, 6.45) is 4.11. The van der Waals surface area contributed by atoms with Crippen molar-refractivity contribution in [3.63, 3.8) is 0 Å². The second kappa shape index (κ2) is 6.57. The highest BCUT2D eigenvalue weighted by Gasteiger charge is 2.36. The lowest BCUT2D eigenvalue weighted by Gasteiger charge is -2.32. The number of aliphatic hydroxyl groups is 1. The van der Waals surface area contributed by atoms with Crippen LogP contribution in [0.4, 0.5) is 0 Å². The Kier molecular flexibility index (Phi) is 5.70. The molecule has 2 fully saturated rings. The maximum atomic E-state index is 12.3. The first-order valence-electron chi connectivity index (χ1n) is 6.37. The van der Waals surface area contributed by atoms with Gasteiger partial charge in [-0.1, -0.05) is 0 Å². The molecule has 0 aromatic rings. The fourth-order valence-corrected chi connectivity index (χ4v) is 2.56. The first-order chi connectivity index (χ1) is 7.72. The average Bonchev–Trinajstić information content (AvgIpc) is 3.09. The lowest BCUT2D eigenvalue weighted by Crippen LogP contribution is -2.45. The molecule has 2 atom stereocenters. The SMILES string of the molecule is C[C@H]1C[C@@H](C(=O)N(CCO)C2CC2)CCN1.Cl. The Morgan fingerprint density at radius 2 is 2.12 bits per heavy atom. The van der Waals surface area contributed by atoms with Gasteiger partial charge in [-0.15, -0.1) is 12.4 Å². The molecule has 0 bridgehead atoms.